The van der Waals surface area contributed by atoms with Crippen molar-refractivity contribution in [3.05, 3.63) is 28.8 Å². The quantitative estimate of drug-likeness (QED) is 0.856. The molecule has 0 atom stereocenters. The molecule has 1 fully saturated rings. The monoisotopic (exact) mass is 243 g/mol. The molecule has 4 rings (SSSR count). The maximum Gasteiger partial charge on any atom is 0.227 e. The molecule has 0 unspecified atom stereocenters. The fourth-order valence-electron chi connectivity index (χ4n) is 3.45. The Balaban J connectivity index is 1.86. The standard InChI is InChI=1S/C15H17NO2/c17-9-15(4-5-15)12-7-10-1-2-13(18)16-6-3-11(8-12)14(10)16/h7-8,17H,1-6,9H2. The van der Waals surface area contributed by atoms with Gasteiger partial charge in [0.25, 0.3) is 0 Å². The van der Waals surface area contributed by atoms with Gasteiger partial charge in [0.1, 0.15) is 0 Å². The molecule has 3 heteroatoms. The SMILES string of the molecule is O=C1CCc2cc(C3(CO)CC3)cc3c2N1CC3. The van der Waals surface area contributed by atoms with Gasteiger partial charge < -0.3 is 10.0 Å². The smallest absolute Gasteiger partial charge is 0.227 e. The van der Waals surface area contributed by atoms with Crippen molar-refractivity contribution >= 4 is 11.6 Å². The molecule has 3 aliphatic rings. The zero-order valence-corrected chi connectivity index (χ0v) is 10.4. The van der Waals surface area contributed by atoms with Crippen LogP contribution in [0.5, 0.6) is 0 Å². The van der Waals surface area contributed by atoms with Gasteiger partial charge in [-0.05, 0) is 42.4 Å². The van der Waals surface area contributed by atoms with E-state index < -0.39 is 0 Å². The number of anilines is 1. The predicted octanol–water partition coefficient (Wildman–Crippen LogP) is 1.55. The number of aliphatic hydroxyl groups excluding tert-OH is 1. The van der Waals surface area contributed by atoms with E-state index in [0.29, 0.717) is 6.42 Å². The molecule has 0 radical (unpaired) electrons. The topological polar surface area (TPSA) is 40.5 Å². The van der Waals surface area contributed by atoms with Gasteiger partial charge in [-0.25, -0.2) is 0 Å². The van der Waals surface area contributed by atoms with Crippen LogP contribution in [0.15, 0.2) is 12.1 Å². The molecule has 1 saturated carbocycles. The Morgan fingerprint density at radius 2 is 1.89 bits per heavy atom. The minimum Gasteiger partial charge on any atom is -0.395 e. The van der Waals surface area contributed by atoms with Crippen molar-refractivity contribution in [1.29, 1.82) is 0 Å². The summed E-state index contributed by atoms with van der Waals surface area (Å²) in [4.78, 5) is 13.8. The molecule has 0 spiro atoms. The van der Waals surface area contributed by atoms with Gasteiger partial charge >= 0.3 is 0 Å². The van der Waals surface area contributed by atoms with Crippen molar-refractivity contribution in [2.24, 2.45) is 0 Å². The van der Waals surface area contributed by atoms with Crippen LogP contribution in [0.3, 0.4) is 0 Å². The molecule has 1 N–H and O–H groups in total. The lowest BCUT2D eigenvalue weighted by Gasteiger charge is -2.26. The Labute approximate surface area is 106 Å². The van der Waals surface area contributed by atoms with Gasteiger partial charge in [0.15, 0.2) is 0 Å². The number of aliphatic hydroxyl groups is 1. The van der Waals surface area contributed by atoms with Crippen LogP contribution in [0, 0.1) is 0 Å². The van der Waals surface area contributed by atoms with Crippen LogP contribution in [0.1, 0.15) is 36.0 Å². The molecular weight excluding hydrogens is 226 g/mol. The molecule has 18 heavy (non-hydrogen) atoms. The zero-order valence-electron chi connectivity index (χ0n) is 10.4. The molecule has 2 aliphatic heterocycles. The van der Waals surface area contributed by atoms with E-state index in [1.165, 1.54) is 22.4 Å². The Morgan fingerprint density at radius 3 is 2.56 bits per heavy atom. The number of hydrogen-bond acceptors (Lipinski definition) is 2. The summed E-state index contributed by atoms with van der Waals surface area (Å²) in [5.74, 6) is 0.275. The Morgan fingerprint density at radius 1 is 1.17 bits per heavy atom. The molecular formula is C15H17NO2. The second-order valence-electron chi connectivity index (χ2n) is 5.88. The first-order valence-electron chi connectivity index (χ1n) is 6.81. The fourth-order valence-corrected chi connectivity index (χ4v) is 3.45. The van der Waals surface area contributed by atoms with Gasteiger partial charge in [-0.2, -0.15) is 0 Å². The highest BCUT2D eigenvalue weighted by Crippen LogP contribution is 2.50. The summed E-state index contributed by atoms with van der Waals surface area (Å²) in [6.07, 6.45) is 4.69. The highest BCUT2D eigenvalue weighted by Gasteiger charge is 2.45. The summed E-state index contributed by atoms with van der Waals surface area (Å²) in [5.41, 5.74) is 5.16. The molecule has 1 aliphatic carbocycles. The van der Waals surface area contributed by atoms with E-state index in [-0.39, 0.29) is 17.9 Å². The van der Waals surface area contributed by atoms with E-state index in [9.17, 15) is 9.90 Å². The first kappa shape index (κ1) is 10.6. The van der Waals surface area contributed by atoms with Gasteiger partial charge in [0.2, 0.25) is 5.91 Å². The minimum atomic E-state index is 0.0421. The van der Waals surface area contributed by atoms with Gasteiger partial charge in [-0.15, -0.1) is 0 Å². The average Bonchev–Trinajstić information content (AvgIpc) is 3.08. The third-order valence-corrected chi connectivity index (χ3v) is 4.82. The van der Waals surface area contributed by atoms with Gasteiger partial charge in [-0.1, -0.05) is 12.1 Å². The summed E-state index contributed by atoms with van der Waals surface area (Å²) >= 11 is 0. The van der Waals surface area contributed by atoms with Gasteiger partial charge in [-0.3, -0.25) is 4.79 Å². The van der Waals surface area contributed by atoms with Crippen molar-refractivity contribution in [3.63, 3.8) is 0 Å². The number of rotatable bonds is 2. The highest BCUT2D eigenvalue weighted by atomic mass is 16.3. The van der Waals surface area contributed by atoms with Crippen LogP contribution < -0.4 is 4.90 Å². The van der Waals surface area contributed by atoms with E-state index in [0.717, 1.165) is 32.2 Å². The number of hydrogen-bond donors (Lipinski definition) is 1. The van der Waals surface area contributed by atoms with Crippen LogP contribution in [0.2, 0.25) is 0 Å². The van der Waals surface area contributed by atoms with Gasteiger partial charge in [0.05, 0.1) is 12.3 Å². The first-order valence-corrected chi connectivity index (χ1v) is 6.81. The van der Waals surface area contributed by atoms with Crippen molar-refractivity contribution in [2.45, 2.75) is 37.5 Å². The molecule has 3 nitrogen and oxygen atoms in total. The average molecular weight is 243 g/mol. The number of carbonyl (C=O) groups is 1. The third kappa shape index (κ3) is 1.25. The lowest BCUT2D eigenvalue weighted by atomic mass is 9.89. The van der Waals surface area contributed by atoms with Crippen LogP contribution >= 0.6 is 0 Å². The Hall–Kier alpha value is -1.35. The van der Waals surface area contributed by atoms with E-state index in [1.54, 1.807) is 0 Å². The lowest BCUT2D eigenvalue weighted by Crippen LogP contribution is -2.33. The second-order valence-corrected chi connectivity index (χ2v) is 5.88. The van der Waals surface area contributed by atoms with Crippen molar-refractivity contribution in [3.8, 4) is 0 Å². The third-order valence-electron chi connectivity index (χ3n) is 4.82. The lowest BCUT2D eigenvalue weighted by molar-refractivity contribution is -0.118. The predicted molar refractivity (Wildman–Crippen MR) is 68.8 cm³/mol. The molecule has 1 aromatic rings. The molecule has 1 aromatic carbocycles. The van der Waals surface area contributed by atoms with Gasteiger partial charge in [0, 0.05) is 18.4 Å². The highest BCUT2D eigenvalue weighted by molar-refractivity contribution is 5.98. The van der Waals surface area contributed by atoms with E-state index in [4.69, 9.17) is 0 Å². The van der Waals surface area contributed by atoms with E-state index in [1.807, 2.05) is 4.90 Å². The number of carbonyl (C=O) groups excluding carboxylic acids is 1. The molecule has 94 valence electrons. The number of amides is 1. The van der Waals surface area contributed by atoms with Crippen LogP contribution in [-0.2, 0) is 23.1 Å². The van der Waals surface area contributed by atoms with Crippen LogP contribution in [0.4, 0.5) is 5.69 Å². The minimum absolute atomic E-state index is 0.0421. The normalized spacial score (nSPS) is 23.2. The summed E-state index contributed by atoms with van der Waals surface area (Å²) in [7, 11) is 0. The summed E-state index contributed by atoms with van der Waals surface area (Å²) < 4.78 is 0. The van der Waals surface area contributed by atoms with Crippen LogP contribution in [-0.4, -0.2) is 24.2 Å². The number of benzene rings is 1. The summed E-state index contributed by atoms with van der Waals surface area (Å²) in [6.45, 7) is 1.10. The molecule has 1 amide bonds. The molecule has 0 bridgehead atoms. The largest absolute Gasteiger partial charge is 0.395 e. The summed E-state index contributed by atoms with van der Waals surface area (Å²) in [6, 6.07) is 4.48. The molecule has 0 saturated heterocycles. The maximum absolute atomic E-state index is 11.9. The Kier molecular flexibility index (Phi) is 1.97. The van der Waals surface area contributed by atoms with Crippen molar-refractivity contribution in [2.75, 3.05) is 18.1 Å². The van der Waals surface area contributed by atoms with E-state index >= 15 is 0 Å². The fraction of sp³-hybridized carbons (Fsp3) is 0.533. The summed E-state index contributed by atoms with van der Waals surface area (Å²) in [5, 5.41) is 9.57. The zero-order chi connectivity index (χ0) is 12.3. The second kappa shape index (κ2) is 3.35. The molecule has 0 aromatic heterocycles. The van der Waals surface area contributed by atoms with Crippen molar-refractivity contribution in [1.82, 2.24) is 0 Å². The first-order chi connectivity index (χ1) is 8.73. The molecule has 2 heterocycles. The number of aryl methyl sites for hydroxylation is 1. The number of nitrogens with zero attached hydrogens (tertiary/aromatic N) is 1. The Bertz CT molecular complexity index is 546. The van der Waals surface area contributed by atoms with Crippen LogP contribution in [0.25, 0.3) is 0 Å². The van der Waals surface area contributed by atoms with Crippen molar-refractivity contribution < 1.29 is 9.90 Å². The maximum atomic E-state index is 11.9. The van der Waals surface area contributed by atoms with E-state index in [2.05, 4.69) is 12.1 Å².